The summed E-state index contributed by atoms with van der Waals surface area (Å²) >= 11 is 0. The van der Waals surface area contributed by atoms with Crippen LogP contribution in [0.4, 0.5) is 0 Å². The van der Waals surface area contributed by atoms with E-state index in [9.17, 15) is 0 Å². The lowest BCUT2D eigenvalue weighted by Gasteiger charge is -2.30. The molecule has 0 saturated heterocycles. The maximum absolute atomic E-state index is 2.58. The molecule has 41 heavy (non-hydrogen) atoms. The maximum atomic E-state index is 2.58. The van der Waals surface area contributed by atoms with Gasteiger partial charge in [-0.15, -0.1) is 0 Å². The molecule has 7 rings (SSSR count). The second-order valence-electron chi connectivity index (χ2n) is 11.7. The first-order valence-corrected chi connectivity index (χ1v) is 16.6. The van der Waals surface area contributed by atoms with E-state index in [1.54, 1.807) is 0 Å². The van der Waals surface area contributed by atoms with E-state index in [-0.39, 0.29) is 21.7 Å². The van der Waals surface area contributed by atoms with Gasteiger partial charge in [-0.25, -0.2) is 0 Å². The number of hydrogen-bond donors (Lipinski definition) is 0. The molecule has 2 aliphatic carbocycles. The predicted octanol–water partition coefficient (Wildman–Crippen LogP) is 11.0. The third kappa shape index (κ3) is 3.68. The zero-order valence-corrected chi connectivity index (χ0v) is 25.5. The summed E-state index contributed by atoms with van der Waals surface area (Å²) in [5.74, 6) is 0. The van der Waals surface area contributed by atoms with Crippen molar-refractivity contribution in [2.75, 3.05) is 0 Å². The molecule has 0 nitrogen and oxygen atoms in total. The molecule has 0 atom stereocenters. The van der Waals surface area contributed by atoms with Crippen LogP contribution in [-0.4, -0.2) is 0 Å². The van der Waals surface area contributed by atoms with Crippen molar-refractivity contribution in [3.8, 4) is 22.3 Å². The highest BCUT2D eigenvalue weighted by Gasteiger charge is 2.44. The molecule has 204 valence electrons. The van der Waals surface area contributed by atoms with Gasteiger partial charge in [-0.2, -0.15) is 0 Å². The van der Waals surface area contributed by atoms with Gasteiger partial charge in [0.15, 0.2) is 14.7 Å². The Morgan fingerprint density at radius 2 is 0.780 bits per heavy atom. The van der Waals surface area contributed by atoms with Crippen molar-refractivity contribution >= 4 is 10.9 Å². The van der Waals surface area contributed by atoms with Crippen LogP contribution in [0.25, 0.3) is 22.3 Å². The zero-order chi connectivity index (χ0) is 28.2. The number of fused-ring (bicyclic) bond motifs is 6. The zero-order valence-electron chi connectivity index (χ0n) is 24.7. The molecule has 0 heterocycles. The lowest BCUT2D eigenvalue weighted by molar-refractivity contribution is 0.489. The van der Waals surface area contributed by atoms with Crippen LogP contribution in [-0.2, 0) is 21.7 Å². The highest BCUT2D eigenvalue weighted by molar-refractivity contribution is 7.97. The predicted molar refractivity (Wildman–Crippen MR) is 175 cm³/mol. The van der Waals surface area contributed by atoms with Gasteiger partial charge in [-0.05, 0) is 119 Å². The highest BCUT2D eigenvalue weighted by atomic mass is 32.2. The van der Waals surface area contributed by atoms with Crippen LogP contribution in [0.15, 0.2) is 130 Å². The van der Waals surface area contributed by atoms with Gasteiger partial charge >= 0.3 is 0 Å². The smallest absolute Gasteiger partial charge is 0.0642 e. The first kappa shape index (κ1) is 26.4. The molecule has 0 aliphatic heterocycles. The van der Waals surface area contributed by atoms with Gasteiger partial charge in [-0.1, -0.05) is 94.4 Å². The fourth-order valence-corrected chi connectivity index (χ4v) is 10.2. The summed E-state index contributed by atoms with van der Waals surface area (Å²) in [6.45, 7) is 9.47. The summed E-state index contributed by atoms with van der Waals surface area (Å²) in [5, 5.41) is 0. The lowest BCUT2D eigenvalue weighted by Crippen LogP contribution is -2.24. The third-order valence-electron chi connectivity index (χ3n) is 10.3. The van der Waals surface area contributed by atoms with E-state index in [0.717, 1.165) is 25.7 Å². The van der Waals surface area contributed by atoms with Crippen molar-refractivity contribution < 1.29 is 0 Å². The molecule has 0 N–H and O–H groups in total. The van der Waals surface area contributed by atoms with Gasteiger partial charge in [0.05, 0.1) is 10.9 Å². The van der Waals surface area contributed by atoms with Crippen LogP contribution in [0, 0.1) is 0 Å². The summed E-state index contributed by atoms with van der Waals surface area (Å²) in [4.78, 5) is 4.22. The van der Waals surface area contributed by atoms with E-state index in [1.165, 1.54) is 59.2 Å². The van der Waals surface area contributed by atoms with Crippen molar-refractivity contribution in [3.05, 3.63) is 138 Å². The molecule has 5 aromatic carbocycles. The van der Waals surface area contributed by atoms with E-state index < -0.39 is 0 Å². The summed E-state index contributed by atoms with van der Waals surface area (Å²) in [7, 11) is -0.204. The molecule has 0 fully saturated rings. The normalized spacial score (nSPS) is 15.3. The summed E-state index contributed by atoms with van der Waals surface area (Å²) in [6.07, 6.45) is 4.46. The molecule has 2 aliphatic rings. The lowest BCUT2D eigenvalue weighted by atomic mass is 9.74. The molecular weight excluding hydrogens is 513 g/mol. The van der Waals surface area contributed by atoms with Crippen LogP contribution < -0.4 is 0 Å². The van der Waals surface area contributed by atoms with Crippen LogP contribution in [0.2, 0.25) is 0 Å². The molecule has 0 aromatic heterocycles. The molecule has 0 unspecified atom stereocenters. The van der Waals surface area contributed by atoms with Crippen molar-refractivity contribution in [2.45, 2.75) is 78.9 Å². The van der Waals surface area contributed by atoms with Crippen molar-refractivity contribution in [2.24, 2.45) is 0 Å². The first-order chi connectivity index (χ1) is 20.1. The Morgan fingerprint density at radius 3 is 1.22 bits per heavy atom. The van der Waals surface area contributed by atoms with Crippen LogP contribution in [0.1, 0.15) is 75.6 Å². The number of benzene rings is 5. The monoisotopic (exact) mass is 551 g/mol. The topological polar surface area (TPSA) is 0 Å². The molecule has 0 bridgehead atoms. The van der Waals surface area contributed by atoms with E-state index in [4.69, 9.17) is 0 Å². The van der Waals surface area contributed by atoms with E-state index in [2.05, 4.69) is 143 Å². The average Bonchev–Trinajstić information content (AvgIpc) is 3.48. The molecule has 0 saturated carbocycles. The van der Waals surface area contributed by atoms with E-state index >= 15 is 0 Å². The van der Waals surface area contributed by atoms with Gasteiger partial charge in [0, 0.05) is 10.8 Å². The molecule has 1 heteroatoms. The summed E-state index contributed by atoms with van der Waals surface area (Å²) in [5.41, 5.74) is 11.9. The first-order valence-electron chi connectivity index (χ1n) is 15.4. The minimum Gasteiger partial charge on any atom is -0.0642 e. The molecule has 0 radical (unpaired) electrons. The third-order valence-corrected chi connectivity index (χ3v) is 12.5. The van der Waals surface area contributed by atoms with Crippen LogP contribution in [0.5, 0.6) is 0 Å². The van der Waals surface area contributed by atoms with Crippen molar-refractivity contribution in [1.29, 1.82) is 0 Å². The van der Waals surface area contributed by atoms with Crippen molar-refractivity contribution in [3.63, 3.8) is 0 Å². The largest absolute Gasteiger partial charge is 0.166 e. The number of hydrogen-bond acceptors (Lipinski definition) is 0. The number of rotatable bonds is 7. The second-order valence-corrected chi connectivity index (χ2v) is 13.7. The molecular formula is C40H39S+. The fraction of sp³-hybridized carbons (Fsp3) is 0.250. The molecule has 0 spiro atoms. The van der Waals surface area contributed by atoms with Gasteiger partial charge < -0.3 is 0 Å². The van der Waals surface area contributed by atoms with Gasteiger partial charge in [0.2, 0.25) is 0 Å². The Kier molecular flexibility index (Phi) is 6.47. The van der Waals surface area contributed by atoms with E-state index in [1.807, 2.05) is 0 Å². The average molecular weight is 552 g/mol. The Labute approximate surface area is 248 Å². The van der Waals surface area contributed by atoms with Crippen LogP contribution >= 0.6 is 0 Å². The van der Waals surface area contributed by atoms with E-state index in [0.29, 0.717) is 0 Å². The maximum Gasteiger partial charge on any atom is 0.166 e. The fourth-order valence-electron chi connectivity index (χ4n) is 8.11. The Bertz CT molecular complexity index is 1630. The van der Waals surface area contributed by atoms with Gasteiger partial charge in [0.25, 0.3) is 0 Å². The quantitative estimate of drug-likeness (QED) is 0.176. The second kappa shape index (κ2) is 10.1. The Balaban J connectivity index is 1.44. The molecule has 5 aromatic rings. The molecule has 0 amide bonds. The van der Waals surface area contributed by atoms with Gasteiger partial charge in [-0.3, -0.25) is 0 Å². The SMILES string of the molecule is CCC1(CC)c2ccccc2-c2ccc([S+](c3ccccc3)c3ccc4c(c3)C(CC)(CC)c3ccccc3-4)cc21. The Morgan fingerprint density at radius 1 is 0.390 bits per heavy atom. The summed E-state index contributed by atoms with van der Waals surface area (Å²) < 4.78 is 0. The standard InChI is InChI=1S/C40H39S/c1-5-39(6-2)35-20-14-12-18-31(35)33-24-22-29(26-37(33)39)41(28-16-10-9-11-17-28)30-23-25-34-32-19-13-15-21-36(32)40(7-3,8-4)38(34)27-30/h9-27H,5-8H2,1-4H3/q+1. The Hall–Kier alpha value is -3.55. The van der Waals surface area contributed by atoms with Gasteiger partial charge in [0.1, 0.15) is 0 Å². The minimum atomic E-state index is -0.204. The van der Waals surface area contributed by atoms with Crippen molar-refractivity contribution in [1.82, 2.24) is 0 Å². The summed E-state index contributed by atoms with van der Waals surface area (Å²) in [6, 6.07) is 44.2. The highest BCUT2D eigenvalue weighted by Crippen LogP contribution is 2.55. The minimum absolute atomic E-state index is 0.0762. The van der Waals surface area contributed by atoms with Crippen LogP contribution in [0.3, 0.4) is 0 Å².